The van der Waals surface area contributed by atoms with E-state index in [1.165, 1.54) is 0 Å². The summed E-state index contributed by atoms with van der Waals surface area (Å²) in [5.41, 5.74) is 1.83. The van der Waals surface area contributed by atoms with Crippen molar-refractivity contribution in [2.75, 3.05) is 0 Å². The molecule has 0 aliphatic heterocycles. The largest absolute Gasteiger partial charge is 0.461 e. The topological polar surface area (TPSA) is 54.7 Å². The molecular weight excluding hydrogens is 178 g/mol. The maximum absolute atomic E-state index is 5.21. The summed E-state index contributed by atoms with van der Waals surface area (Å²) in [6.07, 6.45) is 5.20. The zero-order valence-corrected chi connectivity index (χ0v) is 7.27. The summed E-state index contributed by atoms with van der Waals surface area (Å²) in [5, 5.41) is 0. The van der Waals surface area contributed by atoms with Crippen LogP contribution < -0.4 is 0 Å². The normalized spacial score (nSPS) is 10.9. The summed E-state index contributed by atoms with van der Waals surface area (Å²) in [4.78, 5) is 11.6. The van der Waals surface area contributed by atoms with Gasteiger partial charge in [0.05, 0.1) is 23.5 Å². The monoisotopic (exact) mass is 185 g/mol. The summed E-state index contributed by atoms with van der Waals surface area (Å²) in [6.45, 7) is 0. The van der Waals surface area contributed by atoms with E-state index in [1.807, 2.05) is 24.4 Å². The van der Waals surface area contributed by atoms with E-state index in [4.69, 9.17) is 4.42 Å². The van der Waals surface area contributed by atoms with Crippen molar-refractivity contribution in [1.82, 2.24) is 15.0 Å². The van der Waals surface area contributed by atoms with E-state index in [2.05, 4.69) is 15.0 Å². The summed E-state index contributed by atoms with van der Waals surface area (Å²) < 4.78 is 5.21. The number of nitrogens with zero attached hydrogens (tertiary/aromatic N) is 2. The van der Waals surface area contributed by atoms with Gasteiger partial charge in [0.1, 0.15) is 0 Å². The second-order valence-corrected chi connectivity index (χ2v) is 2.95. The molecule has 0 spiro atoms. The van der Waals surface area contributed by atoms with Crippen molar-refractivity contribution in [2.45, 2.75) is 0 Å². The molecule has 0 radical (unpaired) electrons. The Bertz CT molecular complexity index is 554. The molecule has 4 nitrogen and oxygen atoms in total. The van der Waals surface area contributed by atoms with Gasteiger partial charge in [-0.1, -0.05) is 0 Å². The van der Waals surface area contributed by atoms with Crippen molar-refractivity contribution in [1.29, 1.82) is 0 Å². The molecule has 3 aromatic rings. The lowest BCUT2D eigenvalue weighted by molar-refractivity contribution is 0.577. The molecule has 0 aliphatic rings. The van der Waals surface area contributed by atoms with Gasteiger partial charge in [-0.05, 0) is 18.2 Å². The van der Waals surface area contributed by atoms with Gasteiger partial charge in [-0.3, -0.25) is 0 Å². The SMILES string of the molecule is c1coc(-c2ncc3[nH]ccc3n2)c1. The molecule has 0 atom stereocenters. The highest BCUT2D eigenvalue weighted by atomic mass is 16.3. The highest BCUT2D eigenvalue weighted by molar-refractivity contribution is 5.75. The van der Waals surface area contributed by atoms with E-state index >= 15 is 0 Å². The molecule has 4 heteroatoms. The first-order chi connectivity index (χ1) is 6.93. The smallest absolute Gasteiger partial charge is 0.196 e. The van der Waals surface area contributed by atoms with Crippen LogP contribution in [-0.2, 0) is 0 Å². The number of H-pyrrole nitrogens is 1. The first-order valence-electron chi connectivity index (χ1n) is 4.27. The number of hydrogen-bond donors (Lipinski definition) is 1. The van der Waals surface area contributed by atoms with E-state index in [0.29, 0.717) is 11.6 Å². The van der Waals surface area contributed by atoms with Crippen LogP contribution in [0, 0.1) is 0 Å². The minimum absolute atomic E-state index is 0.613. The Balaban J connectivity index is 2.23. The van der Waals surface area contributed by atoms with Crippen molar-refractivity contribution in [2.24, 2.45) is 0 Å². The standard InChI is InChI=1S/C10H7N3O/c1-2-9(14-5-1)10-12-6-8-7(13-10)3-4-11-8/h1-6,11H. The van der Waals surface area contributed by atoms with Crippen LogP contribution in [0.2, 0.25) is 0 Å². The molecule has 68 valence electrons. The van der Waals surface area contributed by atoms with Crippen LogP contribution in [0.5, 0.6) is 0 Å². The van der Waals surface area contributed by atoms with E-state index in [0.717, 1.165) is 11.0 Å². The molecule has 1 N–H and O–H groups in total. The summed E-state index contributed by atoms with van der Waals surface area (Å²) in [7, 11) is 0. The minimum atomic E-state index is 0.613. The average molecular weight is 185 g/mol. The summed E-state index contributed by atoms with van der Waals surface area (Å²) in [6, 6.07) is 5.57. The minimum Gasteiger partial charge on any atom is -0.461 e. The van der Waals surface area contributed by atoms with Gasteiger partial charge >= 0.3 is 0 Å². The summed E-state index contributed by atoms with van der Waals surface area (Å²) in [5.74, 6) is 1.30. The van der Waals surface area contributed by atoms with Crippen LogP contribution in [0.3, 0.4) is 0 Å². The molecule has 0 aliphatic carbocycles. The Morgan fingerprint density at radius 1 is 1.29 bits per heavy atom. The Morgan fingerprint density at radius 2 is 2.29 bits per heavy atom. The fourth-order valence-electron chi connectivity index (χ4n) is 1.37. The van der Waals surface area contributed by atoms with Gasteiger partial charge in [-0.2, -0.15) is 0 Å². The van der Waals surface area contributed by atoms with Crippen molar-refractivity contribution in [3.63, 3.8) is 0 Å². The zero-order chi connectivity index (χ0) is 9.38. The Labute approximate surface area is 79.6 Å². The molecular formula is C10H7N3O. The van der Waals surface area contributed by atoms with Gasteiger partial charge in [-0.15, -0.1) is 0 Å². The number of hydrogen-bond acceptors (Lipinski definition) is 3. The Kier molecular flexibility index (Phi) is 1.41. The Hall–Kier alpha value is -2.10. The molecule has 14 heavy (non-hydrogen) atoms. The summed E-state index contributed by atoms with van der Waals surface area (Å²) >= 11 is 0. The van der Waals surface area contributed by atoms with Crippen LogP contribution in [-0.4, -0.2) is 15.0 Å². The van der Waals surface area contributed by atoms with E-state index in [1.54, 1.807) is 12.5 Å². The maximum Gasteiger partial charge on any atom is 0.196 e. The van der Waals surface area contributed by atoms with Gasteiger partial charge in [0.2, 0.25) is 0 Å². The third-order valence-electron chi connectivity index (χ3n) is 2.04. The van der Waals surface area contributed by atoms with Gasteiger partial charge < -0.3 is 9.40 Å². The fraction of sp³-hybridized carbons (Fsp3) is 0. The van der Waals surface area contributed by atoms with Crippen LogP contribution in [0.25, 0.3) is 22.6 Å². The molecule has 0 bridgehead atoms. The number of fused-ring (bicyclic) bond motifs is 1. The van der Waals surface area contributed by atoms with Crippen molar-refractivity contribution in [3.8, 4) is 11.6 Å². The van der Waals surface area contributed by atoms with Crippen LogP contribution in [0.4, 0.5) is 0 Å². The number of rotatable bonds is 1. The second-order valence-electron chi connectivity index (χ2n) is 2.95. The van der Waals surface area contributed by atoms with Crippen LogP contribution in [0.15, 0.2) is 41.3 Å². The van der Waals surface area contributed by atoms with Gasteiger partial charge in [0, 0.05) is 6.20 Å². The maximum atomic E-state index is 5.21. The van der Waals surface area contributed by atoms with Gasteiger partial charge in [0.15, 0.2) is 11.6 Å². The van der Waals surface area contributed by atoms with Crippen molar-refractivity contribution in [3.05, 3.63) is 36.9 Å². The van der Waals surface area contributed by atoms with Crippen LogP contribution >= 0.6 is 0 Å². The predicted octanol–water partition coefficient (Wildman–Crippen LogP) is 2.22. The predicted molar refractivity (Wildman–Crippen MR) is 51.6 cm³/mol. The average Bonchev–Trinajstić information content (AvgIpc) is 2.88. The first-order valence-corrected chi connectivity index (χ1v) is 4.27. The fourth-order valence-corrected chi connectivity index (χ4v) is 1.37. The molecule has 0 aromatic carbocycles. The zero-order valence-electron chi connectivity index (χ0n) is 7.27. The molecule has 0 fully saturated rings. The lowest BCUT2D eigenvalue weighted by Crippen LogP contribution is -1.86. The number of aromatic amines is 1. The molecule has 0 unspecified atom stereocenters. The molecule has 0 saturated heterocycles. The molecule has 3 aromatic heterocycles. The lowest BCUT2D eigenvalue weighted by Gasteiger charge is -1.94. The van der Waals surface area contributed by atoms with E-state index < -0.39 is 0 Å². The number of nitrogens with one attached hydrogen (secondary N) is 1. The molecule has 3 rings (SSSR count). The van der Waals surface area contributed by atoms with Gasteiger partial charge in [-0.25, -0.2) is 9.97 Å². The Morgan fingerprint density at radius 3 is 3.14 bits per heavy atom. The van der Waals surface area contributed by atoms with E-state index in [-0.39, 0.29) is 0 Å². The second kappa shape index (κ2) is 2.70. The van der Waals surface area contributed by atoms with Gasteiger partial charge in [0.25, 0.3) is 0 Å². The molecule has 0 amide bonds. The molecule has 3 heterocycles. The third kappa shape index (κ3) is 1.01. The highest BCUT2D eigenvalue weighted by Gasteiger charge is 2.04. The van der Waals surface area contributed by atoms with Crippen molar-refractivity contribution >= 4 is 11.0 Å². The van der Waals surface area contributed by atoms with E-state index in [9.17, 15) is 0 Å². The first kappa shape index (κ1) is 7.32. The number of aromatic nitrogens is 3. The quantitative estimate of drug-likeness (QED) is 0.632. The highest BCUT2D eigenvalue weighted by Crippen LogP contribution is 2.17. The molecule has 0 saturated carbocycles. The third-order valence-corrected chi connectivity index (χ3v) is 2.04. The van der Waals surface area contributed by atoms with Crippen molar-refractivity contribution < 1.29 is 4.42 Å². The van der Waals surface area contributed by atoms with Crippen LogP contribution in [0.1, 0.15) is 0 Å². The number of furan rings is 1. The lowest BCUT2D eigenvalue weighted by atomic mass is 10.4.